The zero-order valence-corrected chi connectivity index (χ0v) is 15.6. The van der Waals surface area contributed by atoms with E-state index in [9.17, 15) is 9.59 Å². The molecule has 6 nitrogen and oxygen atoms in total. The zero-order valence-electron chi connectivity index (χ0n) is 14.0. The fraction of sp³-hybridized carbons (Fsp3) is 0.235. The van der Waals surface area contributed by atoms with Gasteiger partial charge in [0.1, 0.15) is 0 Å². The second-order valence-corrected chi connectivity index (χ2v) is 6.44. The summed E-state index contributed by atoms with van der Waals surface area (Å²) in [5.41, 5.74) is 0.730. The minimum atomic E-state index is -0.426. The van der Waals surface area contributed by atoms with Crippen molar-refractivity contribution >= 4 is 33.9 Å². The van der Waals surface area contributed by atoms with Gasteiger partial charge in [-0.3, -0.25) is 13.9 Å². The van der Waals surface area contributed by atoms with Crippen LogP contribution in [0.15, 0.2) is 49.5 Å². The van der Waals surface area contributed by atoms with Crippen LogP contribution in [0.2, 0.25) is 0 Å². The third-order valence-electron chi connectivity index (χ3n) is 3.43. The van der Waals surface area contributed by atoms with Crippen LogP contribution in [0.4, 0.5) is 5.69 Å². The van der Waals surface area contributed by atoms with Gasteiger partial charge in [0, 0.05) is 45.1 Å². The number of aliphatic imine (C=N–C) groups is 1. The predicted molar refractivity (Wildman–Crippen MR) is 101 cm³/mol. The second kappa shape index (κ2) is 7.44. The normalized spacial score (nSPS) is 11.5. The Hall–Kier alpha value is -2.41. The summed E-state index contributed by atoms with van der Waals surface area (Å²) in [6.07, 6.45) is 5.09. The fourth-order valence-electron chi connectivity index (χ4n) is 2.06. The molecule has 0 aliphatic carbocycles. The molecule has 1 aromatic heterocycles. The summed E-state index contributed by atoms with van der Waals surface area (Å²) in [6, 6.07) is 7.56. The maximum Gasteiger partial charge on any atom is 0.331 e. The van der Waals surface area contributed by atoms with Crippen molar-refractivity contribution in [2.75, 3.05) is 14.1 Å². The van der Waals surface area contributed by atoms with Crippen molar-refractivity contribution in [3.05, 3.63) is 67.0 Å². The summed E-state index contributed by atoms with van der Waals surface area (Å²) in [5.74, 6) is 0. The zero-order chi connectivity index (χ0) is 17.9. The van der Waals surface area contributed by atoms with E-state index in [-0.39, 0.29) is 11.4 Å². The van der Waals surface area contributed by atoms with E-state index in [2.05, 4.69) is 20.9 Å². The van der Waals surface area contributed by atoms with Gasteiger partial charge in [-0.2, -0.15) is 0 Å². The van der Waals surface area contributed by atoms with Crippen LogP contribution >= 0.6 is 15.9 Å². The molecule has 0 amide bonds. The molecule has 0 aliphatic heterocycles. The molecule has 1 aromatic carbocycles. The summed E-state index contributed by atoms with van der Waals surface area (Å²) in [4.78, 5) is 30.8. The van der Waals surface area contributed by atoms with E-state index in [0.717, 1.165) is 14.6 Å². The van der Waals surface area contributed by atoms with Crippen molar-refractivity contribution in [3.63, 3.8) is 0 Å². The van der Waals surface area contributed by atoms with Crippen LogP contribution in [0.5, 0.6) is 0 Å². The van der Waals surface area contributed by atoms with Crippen LogP contribution in [0.25, 0.3) is 6.08 Å². The molecule has 0 saturated heterocycles. The summed E-state index contributed by atoms with van der Waals surface area (Å²) >= 11 is 3.38. The first-order chi connectivity index (χ1) is 11.3. The molecule has 0 spiro atoms. The third kappa shape index (κ3) is 3.91. The molecule has 0 bridgehead atoms. The number of hydrogen-bond acceptors (Lipinski definition) is 4. The molecule has 0 aliphatic rings. The van der Waals surface area contributed by atoms with Gasteiger partial charge in [0.05, 0.1) is 5.69 Å². The van der Waals surface area contributed by atoms with Crippen molar-refractivity contribution in [1.82, 2.24) is 14.0 Å². The molecular weight excluding hydrogens is 372 g/mol. The van der Waals surface area contributed by atoms with Gasteiger partial charge in [-0.25, -0.2) is 9.79 Å². The summed E-state index contributed by atoms with van der Waals surface area (Å²) < 4.78 is 3.43. The topological polar surface area (TPSA) is 59.6 Å². The van der Waals surface area contributed by atoms with Gasteiger partial charge >= 0.3 is 5.69 Å². The molecule has 7 heteroatoms. The number of nitrogens with zero attached hydrogens (tertiary/aromatic N) is 4. The Balaban J connectivity index is 2.60. The van der Waals surface area contributed by atoms with Gasteiger partial charge < -0.3 is 4.90 Å². The average Bonchev–Trinajstić information content (AvgIpc) is 2.55. The smallest absolute Gasteiger partial charge is 0.331 e. The van der Waals surface area contributed by atoms with Crippen molar-refractivity contribution in [2.45, 2.75) is 0 Å². The molecule has 126 valence electrons. The molecule has 24 heavy (non-hydrogen) atoms. The monoisotopic (exact) mass is 390 g/mol. The van der Waals surface area contributed by atoms with E-state index in [1.807, 2.05) is 43.3 Å². The summed E-state index contributed by atoms with van der Waals surface area (Å²) in [7, 11) is 6.79. The molecule has 0 N–H and O–H groups in total. The number of benzene rings is 1. The number of halogens is 1. The maximum atomic E-state index is 12.5. The van der Waals surface area contributed by atoms with Crippen molar-refractivity contribution in [3.8, 4) is 0 Å². The minimum Gasteiger partial charge on any atom is -0.383 e. The molecule has 0 fully saturated rings. The van der Waals surface area contributed by atoms with E-state index < -0.39 is 5.56 Å². The van der Waals surface area contributed by atoms with Gasteiger partial charge in [-0.1, -0.05) is 28.1 Å². The summed E-state index contributed by atoms with van der Waals surface area (Å²) in [6.45, 7) is 0. The quantitative estimate of drug-likeness (QED) is 0.751. The predicted octanol–water partition coefficient (Wildman–Crippen LogP) is 2.13. The maximum absolute atomic E-state index is 12.5. The Morgan fingerprint density at radius 1 is 1.08 bits per heavy atom. The van der Waals surface area contributed by atoms with Crippen LogP contribution in [-0.4, -0.2) is 34.3 Å². The van der Waals surface area contributed by atoms with E-state index in [1.54, 1.807) is 25.5 Å². The number of rotatable bonds is 4. The minimum absolute atomic E-state index is 0.223. The van der Waals surface area contributed by atoms with Crippen molar-refractivity contribution in [1.29, 1.82) is 0 Å². The SMILES string of the molecule is CN(C)/C=C/c1c(N=Cc2ccc(Br)cc2)c(=O)n(C)c(=O)n1C. The lowest BCUT2D eigenvalue weighted by molar-refractivity contribution is 0.566. The Morgan fingerprint density at radius 3 is 2.29 bits per heavy atom. The molecule has 0 radical (unpaired) electrons. The highest BCUT2D eigenvalue weighted by Crippen LogP contribution is 2.15. The second-order valence-electron chi connectivity index (χ2n) is 5.53. The van der Waals surface area contributed by atoms with Gasteiger partial charge in [-0.15, -0.1) is 0 Å². The van der Waals surface area contributed by atoms with E-state index in [1.165, 1.54) is 11.6 Å². The molecule has 0 atom stereocenters. The standard InChI is InChI=1S/C17H19BrN4O2/c1-20(2)10-9-14-15(16(23)22(4)17(24)21(14)3)19-11-12-5-7-13(18)8-6-12/h5-11H,1-4H3/b10-9+,19-11?. The van der Waals surface area contributed by atoms with Crippen molar-refractivity contribution in [2.24, 2.45) is 19.1 Å². The van der Waals surface area contributed by atoms with Crippen LogP contribution in [0.1, 0.15) is 11.3 Å². The van der Waals surface area contributed by atoms with Gasteiger partial charge in [0.15, 0.2) is 5.69 Å². The van der Waals surface area contributed by atoms with E-state index in [0.29, 0.717) is 5.69 Å². The largest absolute Gasteiger partial charge is 0.383 e. The molecule has 0 unspecified atom stereocenters. The average molecular weight is 391 g/mol. The highest BCUT2D eigenvalue weighted by molar-refractivity contribution is 9.10. The number of hydrogen-bond donors (Lipinski definition) is 0. The van der Waals surface area contributed by atoms with Crippen LogP contribution < -0.4 is 11.2 Å². The molecule has 2 rings (SSSR count). The molecule has 0 saturated carbocycles. The molecule has 2 aromatic rings. The Bertz CT molecular complexity index is 906. The first kappa shape index (κ1) is 17.9. The molecule has 1 heterocycles. The highest BCUT2D eigenvalue weighted by atomic mass is 79.9. The fourth-order valence-corrected chi connectivity index (χ4v) is 2.33. The first-order valence-corrected chi connectivity index (χ1v) is 8.05. The van der Waals surface area contributed by atoms with Crippen LogP contribution in [0.3, 0.4) is 0 Å². The van der Waals surface area contributed by atoms with Gasteiger partial charge in [-0.05, 0) is 23.8 Å². The lowest BCUT2D eigenvalue weighted by Crippen LogP contribution is -2.37. The van der Waals surface area contributed by atoms with Crippen LogP contribution in [0, 0.1) is 0 Å². The molecular formula is C17H19BrN4O2. The lowest BCUT2D eigenvalue weighted by atomic mass is 10.2. The first-order valence-electron chi connectivity index (χ1n) is 7.25. The Kier molecular flexibility index (Phi) is 5.56. The van der Waals surface area contributed by atoms with Crippen LogP contribution in [-0.2, 0) is 14.1 Å². The summed E-state index contributed by atoms with van der Waals surface area (Å²) in [5, 5.41) is 0. The van der Waals surface area contributed by atoms with Gasteiger partial charge in [0.2, 0.25) is 0 Å². The van der Waals surface area contributed by atoms with Crippen molar-refractivity contribution < 1.29 is 0 Å². The van der Waals surface area contributed by atoms with Gasteiger partial charge in [0.25, 0.3) is 5.56 Å². The Labute approximate surface area is 148 Å². The number of aromatic nitrogens is 2. The Morgan fingerprint density at radius 2 is 1.71 bits per heavy atom. The third-order valence-corrected chi connectivity index (χ3v) is 3.96. The lowest BCUT2D eigenvalue weighted by Gasteiger charge is -2.11. The van der Waals surface area contributed by atoms with E-state index >= 15 is 0 Å². The van der Waals surface area contributed by atoms with E-state index in [4.69, 9.17) is 0 Å². The highest BCUT2D eigenvalue weighted by Gasteiger charge is 2.12.